The van der Waals surface area contributed by atoms with Crippen LogP contribution >= 0.6 is 0 Å². The van der Waals surface area contributed by atoms with Crippen molar-refractivity contribution < 1.29 is 23.3 Å². The molecule has 0 fully saturated rings. The van der Waals surface area contributed by atoms with Crippen LogP contribution in [0.25, 0.3) is 11.3 Å². The fourth-order valence-electron chi connectivity index (χ4n) is 5.60. The second-order valence-electron chi connectivity index (χ2n) is 12.8. The number of rotatable bonds is 14. The minimum atomic E-state index is -0.461. The molecule has 0 spiro atoms. The lowest BCUT2D eigenvalue weighted by atomic mass is 10.0. The van der Waals surface area contributed by atoms with Gasteiger partial charge < -0.3 is 14.5 Å². The molecule has 236 valence electrons. The molecule has 3 heterocycles. The lowest BCUT2D eigenvalue weighted by Crippen LogP contribution is -2.44. The van der Waals surface area contributed by atoms with Gasteiger partial charge in [-0.2, -0.15) is 4.57 Å². The van der Waals surface area contributed by atoms with Gasteiger partial charge in [0.05, 0.1) is 12.7 Å². The van der Waals surface area contributed by atoms with Crippen LogP contribution in [-0.2, 0) is 24.0 Å². The molecule has 2 N–H and O–H groups in total. The average Bonchev–Trinajstić information content (AvgIpc) is 3.64. The van der Waals surface area contributed by atoms with Crippen molar-refractivity contribution in [1.29, 1.82) is 0 Å². The number of aryl methyl sites for hydroxylation is 1. The van der Waals surface area contributed by atoms with Gasteiger partial charge in [0.1, 0.15) is 28.9 Å². The highest BCUT2D eigenvalue weighted by Gasteiger charge is 2.41. The molecule has 0 aliphatic carbocycles. The monoisotopic (exact) mass is 609 g/mol. The minimum absolute atomic E-state index is 0.00437. The van der Waals surface area contributed by atoms with E-state index in [-0.39, 0.29) is 12.0 Å². The molecule has 45 heavy (non-hydrogen) atoms. The van der Waals surface area contributed by atoms with Crippen molar-refractivity contribution >= 4 is 17.8 Å². The molecule has 4 aromatic rings. The Morgan fingerprint density at radius 1 is 0.933 bits per heavy atom. The van der Waals surface area contributed by atoms with Crippen LogP contribution in [-0.4, -0.2) is 35.2 Å². The molecule has 1 aliphatic rings. The molecule has 8 nitrogen and oxygen atoms in total. The molecule has 5 rings (SSSR count). The van der Waals surface area contributed by atoms with Crippen molar-refractivity contribution in [2.45, 2.75) is 90.2 Å². The summed E-state index contributed by atoms with van der Waals surface area (Å²) in [6.45, 7) is 6.26. The number of ether oxygens (including phenoxy) is 1. The van der Waals surface area contributed by atoms with E-state index in [1.54, 1.807) is 10.8 Å². The number of fused-ring (bicyclic) bond motifs is 1. The molecule has 0 bridgehead atoms. The SMILES string of the molecule is CC(C)(C)OC(=O)NCCCCCCCCc1ccc(-c2c[n+]3c(c(Cc4ccccc4)n2)NC(Cc2ccco2)C3=O)cc1. The van der Waals surface area contributed by atoms with Crippen molar-refractivity contribution in [2.24, 2.45) is 0 Å². The molecule has 8 heteroatoms. The molecule has 0 saturated carbocycles. The van der Waals surface area contributed by atoms with Gasteiger partial charge in [0.25, 0.3) is 0 Å². The highest BCUT2D eigenvalue weighted by Crippen LogP contribution is 2.25. The number of aromatic nitrogens is 2. The quantitative estimate of drug-likeness (QED) is 0.115. The number of amides is 1. The van der Waals surface area contributed by atoms with Gasteiger partial charge >= 0.3 is 17.8 Å². The van der Waals surface area contributed by atoms with E-state index < -0.39 is 11.6 Å². The Morgan fingerprint density at radius 2 is 1.67 bits per heavy atom. The maximum Gasteiger partial charge on any atom is 0.407 e. The number of alkyl carbamates (subject to hydrolysis) is 1. The smallest absolute Gasteiger partial charge is 0.407 e. The lowest BCUT2D eigenvalue weighted by Gasteiger charge is -2.19. The molecule has 2 aromatic carbocycles. The predicted octanol–water partition coefficient (Wildman–Crippen LogP) is 7.30. The van der Waals surface area contributed by atoms with Gasteiger partial charge in [0.15, 0.2) is 0 Å². The number of nitrogens with zero attached hydrogens (tertiary/aromatic N) is 2. The van der Waals surface area contributed by atoms with Crippen LogP contribution in [0.1, 0.15) is 86.7 Å². The van der Waals surface area contributed by atoms with E-state index in [1.807, 2.05) is 57.3 Å². The lowest BCUT2D eigenvalue weighted by molar-refractivity contribution is -0.552. The number of hydrogen-bond donors (Lipinski definition) is 2. The summed E-state index contributed by atoms with van der Waals surface area (Å²) >= 11 is 0. The summed E-state index contributed by atoms with van der Waals surface area (Å²) in [7, 11) is 0. The Labute approximate surface area is 266 Å². The number of furan rings is 1. The Morgan fingerprint density at radius 3 is 2.38 bits per heavy atom. The Hall–Kier alpha value is -4.46. The van der Waals surface area contributed by atoms with E-state index in [2.05, 4.69) is 47.0 Å². The molecule has 1 aliphatic heterocycles. The number of anilines is 1. The number of nitrogens with one attached hydrogen (secondary N) is 2. The second-order valence-corrected chi connectivity index (χ2v) is 12.8. The van der Waals surface area contributed by atoms with Crippen LogP contribution in [0.15, 0.2) is 83.6 Å². The average molecular weight is 610 g/mol. The fraction of sp³-hybridized carbons (Fsp3) is 0.405. The molecule has 1 atom stereocenters. The van der Waals surface area contributed by atoms with Crippen molar-refractivity contribution in [3.63, 3.8) is 0 Å². The maximum atomic E-state index is 13.5. The van der Waals surface area contributed by atoms with Crippen LogP contribution < -0.4 is 15.2 Å². The van der Waals surface area contributed by atoms with Crippen LogP contribution in [0.4, 0.5) is 10.6 Å². The zero-order chi connectivity index (χ0) is 31.6. The topological polar surface area (TPSA) is 97.3 Å². The van der Waals surface area contributed by atoms with E-state index in [4.69, 9.17) is 14.1 Å². The molecule has 2 aromatic heterocycles. The summed E-state index contributed by atoms with van der Waals surface area (Å²) in [4.78, 5) is 30.3. The zero-order valence-electron chi connectivity index (χ0n) is 26.7. The molecule has 0 radical (unpaired) electrons. The number of carbonyl (C=O) groups excluding carboxylic acids is 2. The van der Waals surface area contributed by atoms with Crippen molar-refractivity contribution in [3.8, 4) is 11.3 Å². The summed E-state index contributed by atoms with van der Waals surface area (Å²) in [6, 6.07) is 22.1. The third-order valence-electron chi connectivity index (χ3n) is 7.88. The summed E-state index contributed by atoms with van der Waals surface area (Å²) in [6.07, 6.45) is 12.0. The van der Waals surface area contributed by atoms with Crippen molar-refractivity contribution in [3.05, 3.63) is 102 Å². The normalized spacial score (nSPS) is 14.2. The van der Waals surface area contributed by atoms with Gasteiger partial charge in [0, 0.05) is 18.5 Å². The van der Waals surface area contributed by atoms with Crippen LogP contribution in [0.5, 0.6) is 0 Å². The van der Waals surface area contributed by atoms with Crippen LogP contribution in [0.2, 0.25) is 0 Å². The standard InChI is InChI=1S/C37H44N4O4/c1-37(2,3)45-36(43)38-22-12-7-5-4-6-9-14-27-18-20-29(21-19-27)33-26-41-34(31(39-33)24-28-15-10-8-11-16-28)40-32(35(41)42)25-30-17-13-23-44-30/h8,10-11,13,15-21,23,26,32H,4-7,9,12,14,22,24-25H2,1-3H3,(H,38,43)/p+1. The van der Waals surface area contributed by atoms with E-state index in [0.717, 1.165) is 66.2 Å². The number of hydrogen-bond acceptors (Lipinski definition) is 6. The van der Waals surface area contributed by atoms with Gasteiger partial charge in [0.2, 0.25) is 6.04 Å². The first-order chi connectivity index (χ1) is 21.7. The summed E-state index contributed by atoms with van der Waals surface area (Å²) in [5.41, 5.74) is 4.60. The van der Waals surface area contributed by atoms with Gasteiger partial charge in [-0.05, 0) is 63.3 Å². The molecular formula is C37H45N4O4+. The minimum Gasteiger partial charge on any atom is -0.469 e. The predicted molar refractivity (Wildman–Crippen MR) is 175 cm³/mol. The maximum absolute atomic E-state index is 13.5. The van der Waals surface area contributed by atoms with E-state index in [9.17, 15) is 9.59 Å². The Balaban J connectivity index is 1.14. The van der Waals surface area contributed by atoms with Crippen molar-refractivity contribution in [2.75, 3.05) is 11.9 Å². The number of benzene rings is 2. The van der Waals surface area contributed by atoms with Gasteiger partial charge in [-0.3, -0.25) is 5.32 Å². The molecule has 0 saturated heterocycles. The van der Waals surface area contributed by atoms with Crippen molar-refractivity contribution in [1.82, 2.24) is 10.3 Å². The largest absolute Gasteiger partial charge is 0.469 e. The first-order valence-corrected chi connectivity index (χ1v) is 16.1. The molecular weight excluding hydrogens is 564 g/mol. The first kappa shape index (κ1) is 31.9. The highest BCUT2D eigenvalue weighted by atomic mass is 16.6. The third kappa shape index (κ3) is 9.27. The van der Waals surface area contributed by atoms with Gasteiger partial charge in [-0.15, -0.1) is 0 Å². The van der Waals surface area contributed by atoms with E-state index in [0.29, 0.717) is 19.4 Å². The summed E-state index contributed by atoms with van der Waals surface area (Å²) in [5.74, 6) is 1.52. The van der Waals surface area contributed by atoms with Crippen LogP contribution in [0.3, 0.4) is 0 Å². The van der Waals surface area contributed by atoms with Crippen LogP contribution in [0, 0.1) is 0 Å². The number of carbonyl (C=O) groups is 2. The highest BCUT2D eigenvalue weighted by molar-refractivity contribution is 5.82. The van der Waals surface area contributed by atoms with E-state index >= 15 is 0 Å². The number of unbranched alkanes of at least 4 members (excludes halogenated alkanes) is 5. The molecule has 1 amide bonds. The summed E-state index contributed by atoms with van der Waals surface area (Å²) in [5, 5.41) is 6.25. The third-order valence-corrected chi connectivity index (χ3v) is 7.88. The Bertz CT molecular complexity index is 1540. The van der Waals surface area contributed by atoms with Gasteiger partial charge in [-0.1, -0.05) is 80.3 Å². The second kappa shape index (κ2) is 15.0. The summed E-state index contributed by atoms with van der Waals surface area (Å²) < 4.78 is 12.5. The Kier molecular flexibility index (Phi) is 10.7. The first-order valence-electron chi connectivity index (χ1n) is 16.1. The molecule has 1 unspecified atom stereocenters. The fourth-order valence-corrected chi connectivity index (χ4v) is 5.60. The van der Waals surface area contributed by atoms with E-state index in [1.165, 1.54) is 18.4 Å². The van der Waals surface area contributed by atoms with Gasteiger partial charge in [-0.25, -0.2) is 14.6 Å². The zero-order valence-corrected chi connectivity index (χ0v) is 26.7.